The third-order valence-electron chi connectivity index (χ3n) is 3.19. The first kappa shape index (κ1) is 14.0. The zero-order valence-electron chi connectivity index (χ0n) is 10.7. The number of hydrogen-bond acceptors (Lipinski definition) is 1. The van der Waals surface area contributed by atoms with Crippen molar-refractivity contribution < 1.29 is 8.78 Å². The summed E-state index contributed by atoms with van der Waals surface area (Å²) in [5, 5.41) is 0.529. The van der Waals surface area contributed by atoms with Gasteiger partial charge in [0.05, 0.1) is 6.04 Å². The van der Waals surface area contributed by atoms with E-state index in [1.54, 1.807) is 25.1 Å². The zero-order valence-corrected chi connectivity index (χ0v) is 11.4. The van der Waals surface area contributed by atoms with Gasteiger partial charge in [-0.1, -0.05) is 29.8 Å². The maximum atomic E-state index is 14.0. The lowest BCUT2D eigenvalue weighted by Crippen LogP contribution is -2.16. The fourth-order valence-electron chi connectivity index (χ4n) is 1.93. The average Bonchev–Trinajstić information content (AvgIpc) is 2.37. The van der Waals surface area contributed by atoms with Crippen molar-refractivity contribution in [2.45, 2.75) is 19.9 Å². The first-order valence-corrected chi connectivity index (χ1v) is 6.25. The quantitative estimate of drug-likeness (QED) is 0.873. The molecule has 0 saturated heterocycles. The molecule has 2 aromatic carbocycles. The maximum absolute atomic E-state index is 14.0. The van der Waals surface area contributed by atoms with Crippen molar-refractivity contribution in [2.75, 3.05) is 0 Å². The fourth-order valence-corrected chi connectivity index (χ4v) is 2.12. The summed E-state index contributed by atoms with van der Waals surface area (Å²) in [5.41, 5.74) is 7.68. The molecule has 4 heteroatoms. The SMILES string of the molecule is Cc1ccc(C(N)c2c(F)ccc(C)c2F)cc1Cl. The lowest BCUT2D eigenvalue weighted by atomic mass is 9.96. The zero-order chi connectivity index (χ0) is 14.2. The fraction of sp³-hybridized carbons (Fsp3) is 0.200. The van der Waals surface area contributed by atoms with Gasteiger partial charge in [0.2, 0.25) is 0 Å². The van der Waals surface area contributed by atoms with Crippen molar-refractivity contribution >= 4 is 11.6 Å². The highest BCUT2D eigenvalue weighted by atomic mass is 35.5. The molecule has 2 aromatic rings. The molecular weight excluding hydrogens is 268 g/mol. The summed E-state index contributed by atoms with van der Waals surface area (Å²) >= 11 is 6.01. The van der Waals surface area contributed by atoms with Crippen LogP contribution in [-0.4, -0.2) is 0 Å². The van der Waals surface area contributed by atoms with Crippen LogP contribution in [0.4, 0.5) is 8.78 Å². The van der Waals surface area contributed by atoms with Gasteiger partial charge < -0.3 is 5.73 Å². The minimum atomic E-state index is -0.877. The Morgan fingerprint density at radius 3 is 2.32 bits per heavy atom. The second-order valence-electron chi connectivity index (χ2n) is 4.58. The maximum Gasteiger partial charge on any atom is 0.134 e. The van der Waals surface area contributed by atoms with Crippen LogP contribution in [0, 0.1) is 25.5 Å². The first-order valence-electron chi connectivity index (χ1n) is 5.88. The van der Waals surface area contributed by atoms with Gasteiger partial charge in [-0.2, -0.15) is 0 Å². The second-order valence-corrected chi connectivity index (χ2v) is 4.99. The van der Waals surface area contributed by atoms with E-state index in [1.165, 1.54) is 12.1 Å². The van der Waals surface area contributed by atoms with Gasteiger partial charge in [0.15, 0.2) is 0 Å². The van der Waals surface area contributed by atoms with E-state index >= 15 is 0 Å². The molecule has 0 amide bonds. The summed E-state index contributed by atoms with van der Waals surface area (Å²) in [4.78, 5) is 0. The molecule has 1 nitrogen and oxygen atoms in total. The Bertz CT molecular complexity index is 626. The molecule has 2 N–H and O–H groups in total. The highest BCUT2D eigenvalue weighted by Gasteiger charge is 2.20. The molecule has 0 heterocycles. The van der Waals surface area contributed by atoms with Crippen LogP contribution >= 0.6 is 11.6 Å². The summed E-state index contributed by atoms with van der Waals surface area (Å²) in [7, 11) is 0. The molecule has 0 aliphatic heterocycles. The summed E-state index contributed by atoms with van der Waals surface area (Å²) < 4.78 is 27.8. The molecule has 2 rings (SSSR count). The molecule has 1 atom stereocenters. The van der Waals surface area contributed by atoms with Crippen molar-refractivity contribution in [1.82, 2.24) is 0 Å². The molecule has 0 spiro atoms. The third kappa shape index (κ3) is 2.62. The van der Waals surface area contributed by atoms with Crippen LogP contribution in [0.5, 0.6) is 0 Å². The number of benzene rings is 2. The molecule has 0 aliphatic carbocycles. The molecule has 0 aliphatic rings. The van der Waals surface area contributed by atoms with E-state index in [0.29, 0.717) is 16.1 Å². The Kier molecular flexibility index (Phi) is 3.88. The predicted octanol–water partition coefficient (Wildman–Crippen LogP) is 4.28. The van der Waals surface area contributed by atoms with Crippen LogP contribution in [-0.2, 0) is 0 Å². The molecule has 0 bridgehead atoms. The third-order valence-corrected chi connectivity index (χ3v) is 3.59. The van der Waals surface area contributed by atoms with Crippen LogP contribution in [0.3, 0.4) is 0 Å². The number of nitrogens with two attached hydrogens (primary N) is 1. The van der Waals surface area contributed by atoms with Crippen molar-refractivity contribution in [2.24, 2.45) is 5.73 Å². The van der Waals surface area contributed by atoms with Crippen molar-refractivity contribution in [3.8, 4) is 0 Å². The molecule has 1 unspecified atom stereocenters. The minimum Gasteiger partial charge on any atom is -0.320 e. The predicted molar refractivity (Wildman–Crippen MR) is 73.3 cm³/mol. The van der Waals surface area contributed by atoms with Crippen LogP contribution in [0.15, 0.2) is 30.3 Å². The van der Waals surface area contributed by atoms with Crippen molar-refractivity contribution in [1.29, 1.82) is 0 Å². The molecule has 0 fully saturated rings. The average molecular weight is 282 g/mol. The van der Waals surface area contributed by atoms with Crippen LogP contribution < -0.4 is 5.73 Å². The summed E-state index contributed by atoms with van der Waals surface area (Å²) in [6.07, 6.45) is 0. The molecular formula is C15H14ClF2N. The highest BCUT2D eigenvalue weighted by molar-refractivity contribution is 6.31. The van der Waals surface area contributed by atoms with Gasteiger partial charge in [-0.15, -0.1) is 0 Å². The summed E-state index contributed by atoms with van der Waals surface area (Å²) in [6.45, 7) is 3.43. The van der Waals surface area contributed by atoms with E-state index in [-0.39, 0.29) is 5.56 Å². The Hall–Kier alpha value is -1.45. The molecule has 19 heavy (non-hydrogen) atoms. The van der Waals surface area contributed by atoms with Crippen LogP contribution in [0.25, 0.3) is 0 Å². The van der Waals surface area contributed by atoms with Crippen molar-refractivity contribution in [3.05, 3.63) is 69.2 Å². The summed E-state index contributed by atoms with van der Waals surface area (Å²) in [6, 6.07) is 6.89. The van der Waals surface area contributed by atoms with Gasteiger partial charge >= 0.3 is 0 Å². The van der Waals surface area contributed by atoms with Gasteiger partial charge in [0, 0.05) is 10.6 Å². The van der Waals surface area contributed by atoms with E-state index in [9.17, 15) is 8.78 Å². The standard InChI is InChI=1S/C15H14ClF2N/c1-8-3-5-10(7-11(8)16)15(19)13-12(17)6-4-9(2)14(13)18/h3-7,15H,19H2,1-2H3. The first-order chi connectivity index (χ1) is 8.91. The topological polar surface area (TPSA) is 26.0 Å². The Labute approximate surface area is 116 Å². The van der Waals surface area contributed by atoms with Gasteiger partial charge in [0.1, 0.15) is 11.6 Å². The minimum absolute atomic E-state index is 0.125. The number of halogens is 3. The van der Waals surface area contributed by atoms with Gasteiger partial charge in [-0.3, -0.25) is 0 Å². The van der Waals surface area contributed by atoms with Crippen molar-refractivity contribution in [3.63, 3.8) is 0 Å². The molecule has 0 saturated carbocycles. The Morgan fingerprint density at radius 2 is 1.68 bits per heavy atom. The Balaban J connectivity index is 2.52. The molecule has 100 valence electrons. The number of hydrogen-bond donors (Lipinski definition) is 1. The Morgan fingerprint density at radius 1 is 1.05 bits per heavy atom. The number of aryl methyl sites for hydroxylation is 2. The normalized spacial score (nSPS) is 12.5. The highest BCUT2D eigenvalue weighted by Crippen LogP contribution is 2.29. The van der Waals surface area contributed by atoms with Gasteiger partial charge in [-0.05, 0) is 42.7 Å². The van der Waals surface area contributed by atoms with E-state index in [4.69, 9.17) is 17.3 Å². The van der Waals surface area contributed by atoms with E-state index in [1.807, 2.05) is 6.92 Å². The monoisotopic (exact) mass is 281 g/mol. The van der Waals surface area contributed by atoms with E-state index in [2.05, 4.69) is 0 Å². The lowest BCUT2D eigenvalue weighted by Gasteiger charge is -2.16. The van der Waals surface area contributed by atoms with E-state index in [0.717, 1.165) is 5.56 Å². The largest absolute Gasteiger partial charge is 0.320 e. The smallest absolute Gasteiger partial charge is 0.134 e. The van der Waals surface area contributed by atoms with Crippen LogP contribution in [0.2, 0.25) is 5.02 Å². The van der Waals surface area contributed by atoms with Gasteiger partial charge in [-0.25, -0.2) is 8.78 Å². The summed E-state index contributed by atoms with van der Waals surface area (Å²) in [5.74, 6) is -1.25. The van der Waals surface area contributed by atoms with E-state index < -0.39 is 17.7 Å². The van der Waals surface area contributed by atoms with Gasteiger partial charge in [0.25, 0.3) is 0 Å². The second kappa shape index (κ2) is 5.27. The number of rotatable bonds is 2. The molecule has 0 radical (unpaired) electrons. The van der Waals surface area contributed by atoms with Crippen LogP contribution in [0.1, 0.15) is 28.3 Å². The molecule has 0 aromatic heterocycles. The lowest BCUT2D eigenvalue weighted by molar-refractivity contribution is 0.538.